The van der Waals surface area contributed by atoms with Crippen molar-refractivity contribution in [3.8, 4) is 34.3 Å². The first-order valence-corrected chi connectivity index (χ1v) is 13.5. The van der Waals surface area contributed by atoms with Gasteiger partial charge in [0.15, 0.2) is 11.0 Å². The van der Waals surface area contributed by atoms with Crippen LogP contribution in [0.1, 0.15) is 11.1 Å². The van der Waals surface area contributed by atoms with Crippen LogP contribution in [0.15, 0.2) is 113 Å². The second-order valence-electron chi connectivity index (χ2n) is 8.78. The number of thioether (sulfide) groups is 1. The summed E-state index contributed by atoms with van der Waals surface area (Å²) in [5.41, 5.74) is 6.31. The van der Waals surface area contributed by atoms with Gasteiger partial charge in [-0.2, -0.15) is 5.10 Å². The minimum Gasteiger partial charge on any atom is -0.497 e. The first kappa shape index (κ1) is 26.7. The summed E-state index contributed by atoms with van der Waals surface area (Å²) in [5.74, 6) is 2.71. The maximum Gasteiger partial charge on any atom is 0.250 e. The summed E-state index contributed by atoms with van der Waals surface area (Å²) in [6.07, 6.45) is 1.58. The van der Waals surface area contributed by atoms with Gasteiger partial charge >= 0.3 is 0 Å². The van der Waals surface area contributed by atoms with Gasteiger partial charge in [0.25, 0.3) is 5.91 Å². The number of rotatable bonds is 10. The highest BCUT2D eigenvalue weighted by Gasteiger charge is 2.17. The van der Waals surface area contributed by atoms with Gasteiger partial charge in [-0.3, -0.25) is 9.36 Å². The lowest BCUT2D eigenvalue weighted by Gasteiger charge is -2.11. The Kier molecular flexibility index (Phi) is 8.53. The Morgan fingerprint density at radius 3 is 2.40 bits per heavy atom. The topological polar surface area (TPSA) is 90.6 Å². The summed E-state index contributed by atoms with van der Waals surface area (Å²) < 4.78 is 13.1. The number of hydrogen-bond acceptors (Lipinski definition) is 7. The van der Waals surface area contributed by atoms with Gasteiger partial charge in [0, 0.05) is 11.3 Å². The average molecular weight is 550 g/mol. The molecule has 0 saturated heterocycles. The van der Waals surface area contributed by atoms with Crippen LogP contribution in [0.3, 0.4) is 0 Å². The van der Waals surface area contributed by atoms with Crippen molar-refractivity contribution in [2.24, 2.45) is 5.10 Å². The van der Waals surface area contributed by atoms with Gasteiger partial charge in [-0.25, -0.2) is 5.43 Å². The number of methoxy groups -OCH3 is 1. The van der Waals surface area contributed by atoms with Crippen LogP contribution >= 0.6 is 11.8 Å². The van der Waals surface area contributed by atoms with Gasteiger partial charge in [0.1, 0.15) is 17.2 Å². The molecule has 8 nitrogen and oxygen atoms in total. The van der Waals surface area contributed by atoms with Crippen LogP contribution in [0.25, 0.3) is 17.1 Å². The highest BCUT2D eigenvalue weighted by atomic mass is 32.2. The number of aryl methyl sites for hydroxylation is 1. The number of para-hydroxylation sites is 1. The lowest BCUT2D eigenvalue weighted by atomic mass is 10.2. The van der Waals surface area contributed by atoms with Crippen LogP contribution in [0.2, 0.25) is 0 Å². The number of ether oxygens (including phenoxy) is 2. The van der Waals surface area contributed by atoms with Crippen molar-refractivity contribution in [1.29, 1.82) is 0 Å². The third kappa shape index (κ3) is 6.75. The molecule has 0 unspecified atom stereocenters. The lowest BCUT2D eigenvalue weighted by Crippen LogP contribution is -2.20. The second-order valence-corrected chi connectivity index (χ2v) is 9.72. The number of carbonyl (C=O) groups is 1. The van der Waals surface area contributed by atoms with Crippen LogP contribution in [0, 0.1) is 6.92 Å². The molecular formula is C31H27N5O3S. The molecule has 1 amide bonds. The van der Waals surface area contributed by atoms with E-state index in [1.165, 1.54) is 11.8 Å². The summed E-state index contributed by atoms with van der Waals surface area (Å²) in [7, 11) is 1.63. The van der Waals surface area contributed by atoms with Crippen LogP contribution in [0.5, 0.6) is 17.2 Å². The fraction of sp³-hybridized carbons (Fsp3) is 0.0968. The van der Waals surface area contributed by atoms with Crippen molar-refractivity contribution in [3.63, 3.8) is 0 Å². The maximum absolute atomic E-state index is 12.6. The van der Waals surface area contributed by atoms with Crippen molar-refractivity contribution in [2.75, 3.05) is 12.9 Å². The van der Waals surface area contributed by atoms with Crippen LogP contribution in [-0.2, 0) is 4.79 Å². The zero-order valence-electron chi connectivity index (χ0n) is 22.0. The largest absolute Gasteiger partial charge is 0.497 e. The summed E-state index contributed by atoms with van der Waals surface area (Å²) in [6, 6.07) is 32.7. The minimum atomic E-state index is -0.262. The Balaban J connectivity index is 1.25. The molecule has 0 aliphatic carbocycles. The molecule has 1 heterocycles. The molecular weight excluding hydrogens is 522 g/mol. The zero-order valence-corrected chi connectivity index (χ0v) is 22.8. The standard InChI is InChI=1S/C31H27N5O3S/c1-22-11-15-25(16-12-22)36-30(24-13-17-26(38-2)18-14-24)34-35-31(36)40-21-29(37)33-32-20-23-7-6-10-28(19-23)39-27-8-4-3-5-9-27/h3-20H,21H2,1-2H3,(H,33,37)/b32-20-. The molecule has 40 heavy (non-hydrogen) atoms. The summed E-state index contributed by atoms with van der Waals surface area (Å²) >= 11 is 1.29. The monoisotopic (exact) mass is 549 g/mol. The molecule has 0 atom stereocenters. The summed E-state index contributed by atoms with van der Waals surface area (Å²) in [4.78, 5) is 12.6. The van der Waals surface area contributed by atoms with Crippen molar-refractivity contribution in [2.45, 2.75) is 12.1 Å². The molecule has 1 aromatic heterocycles. The van der Waals surface area contributed by atoms with Gasteiger partial charge in [-0.1, -0.05) is 59.8 Å². The highest BCUT2D eigenvalue weighted by Crippen LogP contribution is 2.29. The van der Waals surface area contributed by atoms with Crippen molar-refractivity contribution >= 4 is 23.9 Å². The number of nitrogens with zero attached hydrogens (tertiary/aromatic N) is 4. The molecule has 0 spiro atoms. The summed E-state index contributed by atoms with van der Waals surface area (Å²) in [6.45, 7) is 2.04. The fourth-order valence-corrected chi connectivity index (χ4v) is 4.59. The van der Waals surface area contributed by atoms with E-state index in [1.54, 1.807) is 13.3 Å². The number of hydrogen-bond donors (Lipinski definition) is 1. The predicted molar refractivity (Wildman–Crippen MR) is 158 cm³/mol. The Morgan fingerprint density at radius 1 is 0.900 bits per heavy atom. The average Bonchev–Trinajstić information content (AvgIpc) is 3.41. The van der Waals surface area contributed by atoms with Crippen LogP contribution < -0.4 is 14.9 Å². The molecule has 0 saturated carbocycles. The highest BCUT2D eigenvalue weighted by molar-refractivity contribution is 7.99. The molecule has 9 heteroatoms. The van der Waals surface area contributed by atoms with Crippen molar-refractivity contribution in [1.82, 2.24) is 20.2 Å². The zero-order chi connectivity index (χ0) is 27.7. The minimum absolute atomic E-state index is 0.112. The summed E-state index contributed by atoms with van der Waals surface area (Å²) in [5, 5.41) is 13.5. The third-order valence-electron chi connectivity index (χ3n) is 5.85. The van der Waals surface area contributed by atoms with Gasteiger partial charge in [0.2, 0.25) is 0 Å². The van der Waals surface area contributed by atoms with E-state index in [2.05, 4.69) is 20.7 Å². The molecule has 5 rings (SSSR count). The molecule has 0 aliphatic heterocycles. The molecule has 0 bridgehead atoms. The lowest BCUT2D eigenvalue weighted by molar-refractivity contribution is -0.118. The van der Waals surface area contributed by atoms with Crippen molar-refractivity contribution in [3.05, 3.63) is 114 Å². The van der Waals surface area contributed by atoms with E-state index in [0.29, 0.717) is 16.7 Å². The SMILES string of the molecule is COc1ccc(-c2nnc(SCC(=O)N/N=C\c3cccc(Oc4ccccc4)c3)n2-c2ccc(C)cc2)cc1. The Morgan fingerprint density at radius 2 is 1.65 bits per heavy atom. The number of benzene rings is 4. The first-order valence-electron chi connectivity index (χ1n) is 12.5. The molecule has 0 fully saturated rings. The molecule has 5 aromatic rings. The Bertz CT molecular complexity index is 1600. The quantitative estimate of drug-likeness (QED) is 0.125. The smallest absolute Gasteiger partial charge is 0.250 e. The molecule has 0 radical (unpaired) electrons. The van der Waals surface area contributed by atoms with E-state index < -0.39 is 0 Å². The maximum atomic E-state index is 12.6. The number of amides is 1. The number of aromatic nitrogens is 3. The molecule has 1 N–H and O–H groups in total. The molecule has 0 aliphatic rings. The van der Waals surface area contributed by atoms with Crippen molar-refractivity contribution < 1.29 is 14.3 Å². The van der Waals surface area contributed by atoms with Crippen LogP contribution in [-0.4, -0.2) is 39.7 Å². The van der Waals surface area contributed by atoms with E-state index in [0.717, 1.165) is 33.9 Å². The number of carbonyl (C=O) groups excluding carboxylic acids is 1. The van der Waals surface area contributed by atoms with E-state index in [1.807, 2.05) is 115 Å². The van der Waals surface area contributed by atoms with Gasteiger partial charge in [0.05, 0.1) is 19.1 Å². The Labute approximate surface area is 236 Å². The number of hydrazone groups is 1. The van der Waals surface area contributed by atoms with E-state index in [-0.39, 0.29) is 11.7 Å². The first-order chi connectivity index (χ1) is 19.6. The van der Waals surface area contributed by atoms with Gasteiger partial charge < -0.3 is 9.47 Å². The van der Waals surface area contributed by atoms with E-state index in [9.17, 15) is 4.79 Å². The number of nitrogens with one attached hydrogen (secondary N) is 1. The van der Waals surface area contributed by atoms with E-state index >= 15 is 0 Å². The second kappa shape index (κ2) is 12.8. The molecule has 200 valence electrons. The fourth-order valence-electron chi connectivity index (χ4n) is 3.84. The third-order valence-corrected chi connectivity index (χ3v) is 6.77. The Hall–Kier alpha value is -4.89. The normalized spacial score (nSPS) is 10.9. The predicted octanol–water partition coefficient (Wildman–Crippen LogP) is 6.29. The van der Waals surface area contributed by atoms with Crippen LogP contribution in [0.4, 0.5) is 0 Å². The van der Waals surface area contributed by atoms with E-state index in [4.69, 9.17) is 9.47 Å². The molecule has 4 aromatic carbocycles. The van der Waals surface area contributed by atoms with Gasteiger partial charge in [-0.05, 0) is 73.2 Å². The van der Waals surface area contributed by atoms with Gasteiger partial charge in [-0.15, -0.1) is 10.2 Å².